The van der Waals surface area contributed by atoms with Crippen molar-refractivity contribution in [1.29, 1.82) is 0 Å². The highest BCUT2D eigenvalue weighted by atomic mass is 32.2. The largest absolute Gasteiger partial charge is 0.331 e. The molecule has 1 aromatic carbocycles. The monoisotopic (exact) mass is 339 g/mol. The van der Waals surface area contributed by atoms with Crippen LogP contribution in [0.25, 0.3) is 0 Å². The number of urea groups is 1. The third-order valence-corrected chi connectivity index (χ3v) is 5.12. The number of thiazole rings is 1. The van der Waals surface area contributed by atoms with Crippen LogP contribution in [0.15, 0.2) is 34.5 Å². The molecule has 0 unspecified atom stereocenters. The van der Waals surface area contributed by atoms with Crippen LogP contribution in [0, 0.1) is 13.8 Å². The molecule has 0 saturated carbocycles. The number of hydrogen-bond acceptors (Lipinski definition) is 5. The van der Waals surface area contributed by atoms with Crippen LogP contribution in [0.1, 0.15) is 16.3 Å². The first-order valence-corrected chi connectivity index (χ1v) is 8.90. The van der Waals surface area contributed by atoms with Gasteiger partial charge in [0.15, 0.2) is 0 Å². The van der Waals surface area contributed by atoms with Gasteiger partial charge < -0.3 is 4.90 Å². The Bertz CT molecular complexity index is 767. The molecule has 1 heterocycles. The van der Waals surface area contributed by atoms with E-state index in [-0.39, 0.29) is 11.4 Å². The fourth-order valence-electron chi connectivity index (χ4n) is 1.76. The molecular weight excluding hydrogens is 322 g/mol. The van der Waals surface area contributed by atoms with Gasteiger partial charge in [-0.2, -0.15) is 0 Å². The zero-order valence-corrected chi connectivity index (χ0v) is 14.2. The van der Waals surface area contributed by atoms with E-state index in [1.165, 1.54) is 35.4 Å². The lowest BCUT2D eigenvalue weighted by atomic mass is 10.2. The number of nitrogens with one attached hydrogen (secondary N) is 1. The number of amides is 2. The van der Waals surface area contributed by atoms with Crippen LogP contribution in [-0.4, -0.2) is 31.4 Å². The second kappa shape index (κ2) is 6.45. The molecule has 8 heteroatoms. The first-order chi connectivity index (χ1) is 10.3. The fourth-order valence-corrected chi connectivity index (χ4v) is 3.37. The maximum absolute atomic E-state index is 12.1. The molecule has 2 amide bonds. The molecule has 0 bridgehead atoms. The van der Waals surface area contributed by atoms with Gasteiger partial charge in [-0.1, -0.05) is 17.7 Å². The van der Waals surface area contributed by atoms with E-state index in [2.05, 4.69) is 9.71 Å². The van der Waals surface area contributed by atoms with Crippen molar-refractivity contribution in [3.63, 3.8) is 0 Å². The highest BCUT2D eigenvalue weighted by molar-refractivity contribution is 7.90. The third-order valence-electron chi connectivity index (χ3n) is 2.97. The number of nitrogens with zero attached hydrogens (tertiary/aromatic N) is 2. The Labute approximate surface area is 133 Å². The number of carbonyl (C=O) groups excluding carboxylic acids is 1. The lowest BCUT2D eigenvalue weighted by molar-refractivity contribution is 0.212. The van der Waals surface area contributed by atoms with Gasteiger partial charge in [0, 0.05) is 12.4 Å². The molecule has 0 radical (unpaired) electrons. The zero-order chi connectivity index (χ0) is 16.3. The van der Waals surface area contributed by atoms with Crippen LogP contribution in [0.3, 0.4) is 0 Å². The number of carbonyl (C=O) groups is 1. The second-order valence-electron chi connectivity index (χ2n) is 4.94. The average Bonchev–Trinajstić information content (AvgIpc) is 2.84. The van der Waals surface area contributed by atoms with Gasteiger partial charge in [0.2, 0.25) is 0 Å². The lowest BCUT2D eigenvalue weighted by Gasteiger charge is -2.17. The Balaban J connectivity index is 2.05. The van der Waals surface area contributed by atoms with Crippen molar-refractivity contribution in [2.75, 3.05) is 7.05 Å². The van der Waals surface area contributed by atoms with E-state index in [1.807, 2.05) is 19.2 Å². The molecular formula is C14H17N3O3S2. The molecule has 0 aliphatic rings. The summed E-state index contributed by atoms with van der Waals surface area (Å²) in [7, 11) is -2.34. The maximum Gasteiger partial charge on any atom is 0.331 e. The summed E-state index contributed by atoms with van der Waals surface area (Å²) in [6.45, 7) is 3.98. The molecule has 6 nitrogen and oxygen atoms in total. The number of benzene rings is 1. The van der Waals surface area contributed by atoms with Crippen molar-refractivity contribution in [1.82, 2.24) is 14.6 Å². The van der Waals surface area contributed by atoms with Crippen molar-refractivity contribution >= 4 is 27.4 Å². The summed E-state index contributed by atoms with van der Waals surface area (Å²) < 4.78 is 26.3. The lowest BCUT2D eigenvalue weighted by Crippen LogP contribution is -2.40. The van der Waals surface area contributed by atoms with E-state index in [0.717, 1.165) is 16.3 Å². The molecule has 0 atom stereocenters. The fraction of sp³-hybridized carbons (Fsp3) is 0.286. The van der Waals surface area contributed by atoms with Crippen LogP contribution in [0.5, 0.6) is 0 Å². The van der Waals surface area contributed by atoms with E-state index in [0.29, 0.717) is 0 Å². The van der Waals surface area contributed by atoms with Gasteiger partial charge in [0.1, 0.15) is 0 Å². The zero-order valence-electron chi connectivity index (χ0n) is 12.5. The summed E-state index contributed by atoms with van der Waals surface area (Å²) in [5.41, 5.74) is 1.68. The Kier molecular flexibility index (Phi) is 4.82. The second-order valence-corrected chi connectivity index (χ2v) is 7.68. The molecule has 0 saturated heterocycles. The molecule has 0 fully saturated rings. The molecule has 1 aromatic heterocycles. The summed E-state index contributed by atoms with van der Waals surface area (Å²) in [5.74, 6) is 0. The number of hydrogen-bond donors (Lipinski definition) is 1. The van der Waals surface area contributed by atoms with Gasteiger partial charge in [0.25, 0.3) is 10.0 Å². The summed E-state index contributed by atoms with van der Waals surface area (Å²) in [5, 5.41) is 2.74. The quantitative estimate of drug-likeness (QED) is 0.927. The summed E-state index contributed by atoms with van der Waals surface area (Å²) in [6, 6.07) is 5.61. The first-order valence-electron chi connectivity index (χ1n) is 6.53. The van der Waals surface area contributed by atoms with E-state index >= 15 is 0 Å². The minimum Gasteiger partial charge on any atom is -0.321 e. The molecule has 0 aliphatic heterocycles. The highest BCUT2D eigenvalue weighted by Crippen LogP contribution is 2.12. The van der Waals surface area contributed by atoms with E-state index < -0.39 is 16.1 Å². The summed E-state index contributed by atoms with van der Waals surface area (Å²) >= 11 is 1.48. The van der Waals surface area contributed by atoms with Crippen molar-refractivity contribution in [3.05, 3.63) is 45.9 Å². The SMILES string of the molecule is Cc1ccc(S(=O)(=O)NC(=O)N(C)Cc2csc(C)n2)cc1. The maximum atomic E-state index is 12.1. The van der Waals surface area contributed by atoms with Crippen molar-refractivity contribution in [2.24, 2.45) is 0 Å². The van der Waals surface area contributed by atoms with Gasteiger partial charge in [-0.05, 0) is 26.0 Å². The van der Waals surface area contributed by atoms with Crippen molar-refractivity contribution < 1.29 is 13.2 Å². The number of rotatable bonds is 4. The minimum atomic E-state index is -3.87. The predicted octanol–water partition coefficient (Wildman–Crippen LogP) is 2.29. The Morgan fingerprint density at radius 2 is 1.91 bits per heavy atom. The normalized spacial score (nSPS) is 11.2. The van der Waals surface area contributed by atoms with E-state index in [1.54, 1.807) is 12.1 Å². The van der Waals surface area contributed by atoms with Gasteiger partial charge in [-0.25, -0.2) is 22.9 Å². The van der Waals surface area contributed by atoms with Crippen molar-refractivity contribution in [2.45, 2.75) is 25.3 Å². The standard InChI is InChI=1S/C14H17N3O3S2/c1-10-4-6-13(7-5-10)22(19,20)16-14(18)17(3)8-12-9-21-11(2)15-12/h4-7,9H,8H2,1-3H3,(H,16,18). The molecule has 1 N–H and O–H groups in total. The Morgan fingerprint density at radius 3 is 2.45 bits per heavy atom. The van der Waals surface area contributed by atoms with E-state index in [4.69, 9.17) is 0 Å². The third kappa shape index (κ3) is 4.05. The van der Waals surface area contributed by atoms with Crippen LogP contribution in [0.4, 0.5) is 4.79 Å². The number of sulfonamides is 1. The highest BCUT2D eigenvalue weighted by Gasteiger charge is 2.20. The Morgan fingerprint density at radius 1 is 1.27 bits per heavy atom. The van der Waals surface area contributed by atoms with Gasteiger partial charge in [-0.15, -0.1) is 11.3 Å². The molecule has 0 aliphatic carbocycles. The van der Waals surface area contributed by atoms with Gasteiger partial charge in [-0.3, -0.25) is 0 Å². The predicted molar refractivity (Wildman–Crippen MR) is 85.2 cm³/mol. The first kappa shape index (κ1) is 16.4. The van der Waals surface area contributed by atoms with Crippen molar-refractivity contribution in [3.8, 4) is 0 Å². The van der Waals surface area contributed by atoms with Crippen LogP contribution >= 0.6 is 11.3 Å². The summed E-state index contributed by atoms with van der Waals surface area (Å²) in [6.07, 6.45) is 0. The molecule has 2 rings (SSSR count). The van der Waals surface area contributed by atoms with Crippen LogP contribution in [0.2, 0.25) is 0 Å². The van der Waals surface area contributed by atoms with Crippen LogP contribution in [-0.2, 0) is 16.6 Å². The van der Waals surface area contributed by atoms with Crippen LogP contribution < -0.4 is 4.72 Å². The number of aryl methyl sites for hydroxylation is 2. The molecule has 118 valence electrons. The Hall–Kier alpha value is -1.93. The minimum absolute atomic E-state index is 0.0596. The number of aromatic nitrogens is 1. The molecule has 0 spiro atoms. The smallest absolute Gasteiger partial charge is 0.321 e. The summed E-state index contributed by atoms with van der Waals surface area (Å²) in [4.78, 5) is 17.6. The van der Waals surface area contributed by atoms with E-state index in [9.17, 15) is 13.2 Å². The topological polar surface area (TPSA) is 79.4 Å². The molecule has 22 heavy (non-hydrogen) atoms. The van der Waals surface area contributed by atoms with Gasteiger partial charge >= 0.3 is 6.03 Å². The average molecular weight is 339 g/mol. The van der Waals surface area contributed by atoms with Gasteiger partial charge in [0.05, 0.1) is 22.1 Å². The molecule has 2 aromatic rings.